The molecule has 0 aliphatic carbocycles. The summed E-state index contributed by atoms with van der Waals surface area (Å²) in [5.74, 6) is 0.140. The van der Waals surface area contributed by atoms with E-state index < -0.39 is 12.1 Å². The van der Waals surface area contributed by atoms with Crippen molar-refractivity contribution in [2.45, 2.75) is 38.8 Å². The van der Waals surface area contributed by atoms with Gasteiger partial charge in [-0.15, -0.1) is 0 Å². The zero-order valence-corrected chi connectivity index (χ0v) is 17.6. The van der Waals surface area contributed by atoms with Crippen molar-refractivity contribution < 1.29 is 14.3 Å². The molecule has 150 valence electrons. The number of nitrogens with one attached hydrogen (secondary N) is 2. The SMILES string of the molecule is COC(=O)NC(C(=O)N1CCCC1c1nc2ccc(Br)cc2c(=O)[nH]1)C(C)C. The average Bonchev–Trinajstić information content (AvgIpc) is 3.15. The van der Waals surface area contributed by atoms with Crippen LogP contribution in [0.4, 0.5) is 4.79 Å². The lowest BCUT2D eigenvalue weighted by molar-refractivity contribution is -0.135. The van der Waals surface area contributed by atoms with E-state index in [0.717, 1.165) is 10.9 Å². The van der Waals surface area contributed by atoms with Gasteiger partial charge < -0.3 is 19.9 Å². The molecular weight excluding hydrogens is 428 g/mol. The number of likely N-dealkylation sites (tertiary alicyclic amines) is 1. The Kier molecular flexibility index (Phi) is 6.02. The highest BCUT2D eigenvalue weighted by molar-refractivity contribution is 9.10. The summed E-state index contributed by atoms with van der Waals surface area (Å²) in [5.41, 5.74) is 0.336. The van der Waals surface area contributed by atoms with Gasteiger partial charge in [-0.25, -0.2) is 9.78 Å². The Bertz CT molecular complexity index is 959. The van der Waals surface area contributed by atoms with Gasteiger partial charge in [-0.2, -0.15) is 0 Å². The largest absolute Gasteiger partial charge is 0.453 e. The van der Waals surface area contributed by atoms with Gasteiger partial charge in [-0.05, 0) is 37.0 Å². The molecule has 2 unspecified atom stereocenters. The maximum absolute atomic E-state index is 13.1. The second-order valence-electron chi connectivity index (χ2n) is 7.16. The fraction of sp³-hybridized carbons (Fsp3) is 0.474. The highest BCUT2D eigenvalue weighted by Gasteiger charge is 2.37. The van der Waals surface area contributed by atoms with Crippen LogP contribution in [0.1, 0.15) is 38.6 Å². The second kappa shape index (κ2) is 8.30. The molecule has 1 aliphatic rings. The molecule has 1 aromatic heterocycles. The van der Waals surface area contributed by atoms with E-state index in [-0.39, 0.29) is 23.4 Å². The molecule has 0 bridgehead atoms. The van der Waals surface area contributed by atoms with Gasteiger partial charge in [0.25, 0.3) is 5.56 Å². The molecule has 1 aliphatic heterocycles. The maximum Gasteiger partial charge on any atom is 0.407 e. The lowest BCUT2D eigenvalue weighted by Crippen LogP contribution is -2.51. The summed E-state index contributed by atoms with van der Waals surface area (Å²) >= 11 is 3.36. The number of carbonyl (C=O) groups is 2. The van der Waals surface area contributed by atoms with Gasteiger partial charge in [0.2, 0.25) is 5.91 Å². The Morgan fingerprint density at radius 2 is 2.14 bits per heavy atom. The van der Waals surface area contributed by atoms with Gasteiger partial charge in [0, 0.05) is 11.0 Å². The first-order valence-corrected chi connectivity index (χ1v) is 9.95. The number of alkyl carbamates (subject to hydrolysis) is 1. The monoisotopic (exact) mass is 450 g/mol. The number of aromatic amines is 1. The van der Waals surface area contributed by atoms with Crippen molar-refractivity contribution in [1.29, 1.82) is 0 Å². The number of amides is 2. The Labute approximate surface area is 170 Å². The number of methoxy groups -OCH3 is 1. The van der Waals surface area contributed by atoms with Crippen molar-refractivity contribution in [3.8, 4) is 0 Å². The number of aromatic nitrogens is 2. The molecule has 8 nitrogen and oxygen atoms in total. The minimum absolute atomic E-state index is 0.117. The summed E-state index contributed by atoms with van der Waals surface area (Å²) in [4.78, 5) is 46.4. The fourth-order valence-corrected chi connectivity index (χ4v) is 3.84. The molecule has 2 atom stereocenters. The number of H-pyrrole nitrogens is 1. The quantitative estimate of drug-likeness (QED) is 0.744. The molecular formula is C19H23BrN4O4. The Hall–Kier alpha value is -2.42. The van der Waals surface area contributed by atoms with Gasteiger partial charge in [0.1, 0.15) is 11.9 Å². The van der Waals surface area contributed by atoms with Crippen molar-refractivity contribution in [2.24, 2.45) is 5.92 Å². The van der Waals surface area contributed by atoms with Crippen LogP contribution in [-0.2, 0) is 9.53 Å². The first-order valence-electron chi connectivity index (χ1n) is 9.16. The van der Waals surface area contributed by atoms with E-state index in [1.165, 1.54) is 7.11 Å². The minimum Gasteiger partial charge on any atom is -0.453 e. The molecule has 3 rings (SSSR count). The van der Waals surface area contributed by atoms with E-state index in [1.807, 2.05) is 19.9 Å². The molecule has 28 heavy (non-hydrogen) atoms. The molecule has 0 radical (unpaired) electrons. The third-order valence-corrected chi connectivity index (χ3v) is 5.42. The molecule has 2 heterocycles. The van der Waals surface area contributed by atoms with E-state index in [2.05, 4.69) is 36.0 Å². The van der Waals surface area contributed by atoms with Gasteiger partial charge in [-0.1, -0.05) is 29.8 Å². The van der Waals surface area contributed by atoms with Gasteiger partial charge in [0.05, 0.1) is 24.1 Å². The van der Waals surface area contributed by atoms with Gasteiger partial charge in [-0.3, -0.25) is 9.59 Å². The molecule has 0 spiro atoms. The van der Waals surface area contributed by atoms with E-state index in [4.69, 9.17) is 0 Å². The third kappa shape index (κ3) is 4.04. The zero-order valence-electron chi connectivity index (χ0n) is 16.0. The van der Waals surface area contributed by atoms with Crippen LogP contribution in [0.25, 0.3) is 10.9 Å². The van der Waals surface area contributed by atoms with Crippen LogP contribution in [0.5, 0.6) is 0 Å². The number of benzene rings is 1. The summed E-state index contributed by atoms with van der Waals surface area (Å²) in [6.45, 7) is 4.26. The van der Waals surface area contributed by atoms with Crippen LogP contribution < -0.4 is 10.9 Å². The number of halogens is 1. The zero-order chi connectivity index (χ0) is 20.4. The Morgan fingerprint density at radius 1 is 1.39 bits per heavy atom. The normalized spacial score (nSPS) is 17.8. The summed E-state index contributed by atoms with van der Waals surface area (Å²) in [5, 5.41) is 3.10. The van der Waals surface area contributed by atoms with Crippen molar-refractivity contribution in [2.75, 3.05) is 13.7 Å². The number of hydrogen-bond donors (Lipinski definition) is 2. The summed E-state index contributed by atoms with van der Waals surface area (Å²) in [6, 6.07) is 4.27. The average molecular weight is 451 g/mol. The number of nitrogens with zero attached hydrogens (tertiary/aromatic N) is 2. The predicted molar refractivity (Wildman–Crippen MR) is 108 cm³/mol. The van der Waals surface area contributed by atoms with E-state index in [0.29, 0.717) is 29.7 Å². The summed E-state index contributed by atoms with van der Waals surface area (Å²) < 4.78 is 5.44. The number of ether oxygens (including phenoxy) is 1. The summed E-state index contributed by atoms with van der Waals surface area (Å²) in [7, 11) is 1.26. The summed E-state index contributed by atoms with van der Waals surface area (Å²) in [6.07, 6.45) is 0.840. The highest BCUT2D eigenvalue weighted by atomic mass is 79.9. The van der Waals surface area contributed by atoms with Crippen LogP contribution >= 0.6 is 15.9 Å². The second-order valence-corrected chi connectivity index (χ2v) is 8.08. The Balaban J connectivity index is 1.93. The first kappa shape index (κ1) is 20.3. The predicted octanol–water partition coefficient (Wildman–Crippen LogP) is 2.73. The standard InChI is InChI=1S/C19H23BrN4O4/c1-10(2)15(22-19(27)28-3)18(26)24-8-4-5-14(24)16-21-13-7-6-11(20)9-12(13)17(25)23-16/h6-7,9-10,14-15H,4-5,8H2,1-3H3,(H,22,27)(H,21,23,25). The van der Waals surface area contributed by atoms with Crippen LogP contribution in [0.3, 0.4) is 0 Å². The van der Waals surface area contributed by atoms with Crippen molar-refractivity contribution in [1.82, 2.24) is 20.2 Å². The highest BCUT2D eigenvalue weighted by Crippen LogP contribution is 2.31. The molecule has 2 amide bonds. The molecule has 1 fully saturated rings. The molecule has 9 heteroatoms. The number of rotatable bonds is 4. The number of carbonyl (C=O) groups excluding carboxylic acids is 2. The van der Waals surface area contributed by atoms with E-state index in [1.54, 1.807) is 17.0 Å². The van der Waals surface area contributed by atoms with Gasteiger partial charge >= 0.3 is 6.09 Å². The topological polar surface area (TPSA) is 104 Å². The smallest absolute Gasteiger partial charge is 0.407 e. The first-order chi connectivity index (χ1) is 13.3. The third-order valence-electron chi connectivity index (χ3n) is 4.93. The maximum atomic E-state index is 13.1. The lowest BCUT2D eigenvalue weighted by Gasteiger charge is -2.30. The van der Waals surface area contributed by atoms with Crippen LogP contribution in [-0.4, -0.2) is 46.6 Å². The van der Waals surface area contributed by atoms with Crippen molar-refractivity contribution >= 4 is 38.8 Å². The fourth-order valence-electron chi connectivity index (χ4n) is 3.48. The minimum atomic E-state index is -0.712. The molecule has 0 saturated carbocycles. The van der Waals surface area contributed by atoms with E-state index in [9.17, 15) is 14.4 Å². The van der Waals surface area contributed by atoms with Crippen LogP contribution in [0, 0.1) is 5.92 Å². The van der Waals surface area contributed by atoms with Crippen LogP contribution in [0.15, 0.2) is 27.5 Å². The lowest BCUT2D eigenvalue weighted by atomic mass is 10.0. The van der Waals surface area contributed by atoms with Crippen molar-refractivity contribution in [3.05, 3.63) is 38.9 Å². The number of fused-ring (bicyclic) bond motifs is 1. The van der Waals surface area contributed by atoms with E-state index >= 15 is 0 Å². The Morgan fingerprint density at radius 3 is 2.82 bits per heavy atom. The molecule has 2 N–H and O–H groups in total. The van der Waals surface area contributed by atoms with Crippen molar-refractivity contribution in [3.63, 3.8) is 0 Å². The molecule has 1 aromatic carbocycles. The molecule has 1 saturated heterocycles. The van der Waals surface area contributed by atoms with Crippen LogP contribution in [0.2, 0.25) is 0 Å². The van der Waals surface area contributed by atoms with Gasteiger partial charge in [0.15, 0.2) is 0 Å². The number of hydrogen-bond acceptors (Lipinski definition) is 5. The molecule has 2 aromatic rings.